The lowest BCUT2D eigenvalue weighted by atomic mass is 10.1. The monoisotopic (exact) mass is 436 g/mol. The van der Waals surface area contributed by atoms with Gasteiger partial charge in [-0.15, -0.1) is 0 Å². The zero-order valence-electron chi connectivity index (χ0n) is 18.1. The van der Waals surface area contributed by atoms with E-state index in [-0.39, 0.29) is 17.1 Å². The van der Waals surface area contributed by atoms with Gasteiger partial charge in [0.15, 0.2) is 5.78 Å². The van der Waals surface area contributed by atoms with E-state index in [1.165, 1.54) is 12.1 Å². The second-order valence-corrected chi connectivity index (χ2v) is 7.49. The summed E-state index contributed by atoms with van der Waals surface area (Å²) < 4.78 is 11.5. The van der Waals surface area contributed by atoms with E-state index in [2.05, 4.69) is 0 Å². The highest BCUT2D eigenvalue weighted by atomic mass is 16.5. The lowest BCUT2D eigenvalue weighted by Gasteiger charge is -2.08. The summed E-state index contributed by atoms with van der Waals surface area (Å²) in [4.78, 5) is 12.5. The van der Waals surface area contributed by atoms with Gasteiger partial charge in [0.2, 0.25) is 0 Å². The van der Waals surface area contributed by atoms with Crippen LogP contribution in [0.15, 0.2) is 109 Å². The third-order valence-electron chi connectivity index (χ3n) is 5.04. The van der Waals surface area contributed by atoms with Crippen molar-refractivity contribution < 1.29 is 19.4 Å². The van der Waals surface area contributed by atoms with Gasteiger partial charge in [0.05, 0.1) is 5.56 Å². The third-order valence-corrected chi connectivity index (χ3v) is 5.04. The summed E-state index contributed by atoms with van der Waals surface area (Å²) in [6, 6.07) is 31.9. The largest absolute Gasteiger partial charge is 0.507 e. The number of phenols is 1. The molecule has 0 saturated heterocycles. The maximum absolute atomic E-state index is 12.5. The molecule has 0 aliphatic heterocycles. The molecule has 0 aromatic heterocycles. The van der Waals surface area contributed by atoms with Gasteiger partial charge >= 0.3 is 0 Å². The topological polar surface area (TPSA) is 55.8 Å². The zero-order valence-corrected chi connectivity index (χ0v) is 18.1. The minimum Gasteiger partial charge on any atom is -0.507 e. The van der Waals surface area contributed by atoms with Gasteiger partial charge in [-0.05, 0) is 47.0 Å². The molecular formula is C29H24O4. The molecule has 0 heterocycles. The molecule has 0 fully saturated rings. The molecular weight excluding hydrogens is 412 g/mol. The predicted molar refractivity (Wildman–Crippen MR) is 129 cm³/mol. The van der Waals surface area contributed by atoms with Gasteiger partial charge < -0.3 is 14.6 Å². The van der Waals surface area contributed by atoms with Crippen molar-refractivity contribution in [1.82, 2.24) is 0 Å². The zero-order chi connectivity index (χ0) is 22.9. The smallest absolute Gasteiger partial charge is 0.189 e. The number of hydrogen-bond donors (Lipinski definition) is 1. The van der Waals surface area contributed by atoms with E-state index in [0.29, 0.717) is 19.0 Å². The fraction of sp³-hybridized carbons (Fsp3) is 0.0690. The van der Waals surface area contributed by atoms with Crippen LogP contribution in [0.25, 0.3) is 6.08 Å². The molecule has 0 radical (unpaired) electrons. The molecule has 4 heteroatoms. The molecule has 0 amide bonds. The van der Waals surface area contributed by atoms with Gasteiger partial charge in [-0.3, -0.25) is 4.79 Å². The number of phenolic OH excluding ortho intramolecular Hbond substituents is 1. The molecule has 4 aromatic rings. The highest BCUT2D eigenvalue weighted by Gasteiger charge is 2.10. The first-order valence-corrected chi connectivity index (χ1v) is 10.7. The number of aromatic hydroxyl groups is 1. The number of ketones is 1. The summed E-state index contributed by atoms with van der Waals surface area (Å²) in [6.07, 6.45) is 3.15. The highest BCUT2D eigenvalue weighted by molar-refractivity contribution is 6.08. The van der Waals surface area contributed by atoms with E-state index in [1.807, 2.05) is 84.9 Å². The van der Waals surface area contributed by atoms with Gasteiger partial charge in [-0.25, -0.2) is 0 Å². The van der Waals surface area contributed by atoms with Gasteiger partial charge in [0.25, 0.3) is 0 Å². The molecule has 164 valence electrons. The molecule has 1 N–H and O–H groups in total. The summed E-state index contributed by atoms with van der Waals surface area (Å²) in [7, 11) is 0. The maximum atomic E-state index is 12.5. The van der Waals surface area contributed by atoms with Crippen molar-refractivity contribution >= 4 is 11.9 Å². The number of carbonyl (C=O) groups is 1. The van der Waals surface area contributed by atoms with Gasteiger partial charge in [-0.1, -0.05) is 78.9 Å². The summed E-state index contributed by atoms with van der Waals surface area (Å²) in [5.41, 5.74) is 3.21. The maximum Gasteiger partial charge on any atom is 0.189 e. The van der Waals surface area contributed by atoms with Crippen LogP contribution in [0.3, 0.4) is 0 Å². The first-order chi connectivity index (χ1) is 16.2. The highest BCUT2D eigenvalue weighted by Crippen LogP contribution is 2.25. The van der Waals surface area contributed by atoms with E-state index >= 15 is 0 Å². The molecule has 0 spiro atoms. The molecule has 4 nitrogen and oxygen atoms in total. The molecule has 0 saturated carbocycles. The summed E-state index contributed by atoms with van der Waals surface area (Å²) in [5.74, 6) is 0.862. The van der Waals surface area contributed by atoms with E-state index in [1.54, 1.807) is 18.2 Å². The van der Waals surface area contributed by atoms with Crippen molar-refractivity contribution in [1.29, 1.82) is 0 Å². The van der Waals surface area contributed by atoms with Crippen LogP contribution < -0.4 is 9.47 Å². The normalized spacial score (nSPS) is 10.8. The van der Waals surface area contributed by atoms with Crippen LogP contribution in [0.5, 0.6) is 17.2 Å². The Labute approximate surface area is 193 Å². The Morgan fingerprint density at radius 1 is 0.697 bits per heavy atom. The number of ether oxygens (including phenoxy) is 2. The van der Waals surface area contributed by atoms with Crippen molar-refractivity contribution in [3.8, 4) is 17.2 Å². The van der Waals surface area contributed by atoms with Crippen LogP contribution in [-0.2, 0) is 13.2 Å². The van der Waals surface area contributed by atoms with Gasteiger partial charge in [0.1, 0.15) is 30.5 Å². The quantitative estimate of drug-likeness (QED) is 0.242. The van der Waals surface area contributed by atoms with Crippen LogP contribution in [0.4, 0.5) is 0 Å². The van der Waals surface area contributed by atoms with Gasteiger partial charge in [-0.2, -0.15) is 0 Å². The first kappa shape index (κ1) is 21.9. The van der Waals surface area contributed by atoms with Crippen LogP contribution in [-0.4, -0.2) is 10.9 Å². The number of carbonyl (C=O) groups excluding carboxylic acids is 1. The van der Waals surface area contributed by atoms with Crippen molar-refractivity contribution in [2.75, 3.05) is 0 Å². The third kappa shape index (κ3) is 6.34. The van der Waals surface area contributed by atoms with Crippen molar-refractivity contribution in [2.24, 2.45) is 0 Å². The summed E-state index contributed by atoms with van der Waals surface area (Å²) in [5, 5.41) is 10.3. The number of rotatable bonds is 9. The Balaban J connectivity index is 1.33. The van der Waals surface area contributed by atoms with Crippen LogP contribution in [0.1, 0.15) is 27.0 Å². The fourth-order valence-electron chi connectivity index (χ4n) is 3.23. The van der Waals surface area contributed by atoms with E-state index in [9.17, 15) is 9.90 Å². The molecule has 0 aliphatic rings. The molecule has 0 aliphatic carbocycles. The minimum atomic E-state index is -0.286. The number of hydrogen-bond acceptors (Lipinski definition) is 4. The Morgan fingerprint density at radius 3 is 1.82 bits per heavy atom. The Morgan fingerprint density at radius 2 is 1.24 bits per heavy atom. The van der Waals surface area contributed by atoms with E-state index < -0.39 is 0 Å². The van der Waals surface area contributed by atoms with E-state index in [0.717, 1.165) is 22.4 Å². The predicted octanol–water partition coefficient (Wildman–Crippen LogP) is 6.45. The van der Waals surface area contributed by atoms with Crippen LogP contribution in [0, 0.1) is 0 Å². The average Bonchev–Trinajstić information content (AvgIpc) is 2.87. The van der Waals surface area contributed by atoms with Crippen molar-refractivity contribution in [3.05, 3.63) is 131 Å². The second kappa shape index (κ2) is 10.8. The standard InChI is InChI=1S/C29H24O4/c30-28(27-17-16-26(19-29(27)31)33-21-24-9-5-2-6-10-24)18-13-22-11-14-25(15-12-22)32-20-23-7-3-1-4-8-23/h1-19,31H,20-21H2. The Bertz CT molecular complexity index is 1210. The molecule has 0 unspecified atom stereocenters. The van der Waals surface area contributed by atoms with Gasteiger partial charge in [0, 0.05) is 6.07 Å². The molecule has 33 heavy (non-hydrogen) atoms. The number of allylic oxidation sites excluding steroid dienone is 1. The number of benzene rings is 4. The lowest BCUT2D eigenvalue weighted by molar-refractivity contribution is 0.104. The van der Waals surface area contributed by atoms with Crippen LogP contribution >= 0.6 is 0 Å². The SMILES string of the molecule is O=C(C=Cc1ccc(OCc2ccccc2)cc1)c1ccc(OCc2ccccc2)cc1O. The van der Waals surface area contributed by atoms with E-state index in [4.69, 9.17) is 9.47 Å². The Hall–Kier alpha value is -4.31. The molecule has 4 aromatic carbocycles. The first-order valence-electron chi connectivity index (χ1n) is 10.7. The van der Waals surface area contributed by atoms with Crippen molar-refractivity contribution in [2.45, 2.75) is 13.2 Å². The summed E-state index contributed by atoms with van der Waals surface area (Å²) >= 11 is 0. The Kier molecular flexibility index (Phi) is 7.18. The lowest BCUT2D eigenvalue weighted by Crippen LogP contribution is -1.98. The molecule has 0 bridgehead atoms. The van der Waals surface area contributed by atoms with Crippen molar-refractivity contribution in [3.63, 3.8) is 0 Å². The van der Waals surface area contributed by atoms with Crippen LogP contribution in [0.2, 0.25) is 0 Å². The second-order valence-electron chi connectivity index (χ2n) is 7.49. The average molecular weight is 437 g/mol. The summed E-state index contributed by atoms with van der Waals surface area (Å²) in [6.45, 7) is 0.886. The fourth-order valence-corrected chi connectivity index (χ4v) is 3.23. The molecule has 4 rings (SSSR count). The molecule has 0 atom stereocenters. The minimum absolute atomic E-state index is 0.111.